The summed E-state index contributed by atoms with van der Waals surface area (Å²) in [7, 11) is 0. The van der Waals surface area contributed by atoms with Crippen LogP contribution in [0.15, 0.2) is 18.2 Å². The van der Waals surface area contributed by atoms with Crippen molar-refractivity contribution >= 4 is 17.3 Å². The minimum absolute atomic E-state index is 0.0181. The van der Waals surface area contributed by atoms with Gasteiger partial charge in [0.05, 0.1) is 24.0 Å². The molecule has 2 rings (SSSR count). The van der Waals surface area contributed by atoms with Crippen LogP contribution < -0.4 is 4.90 Å². The number of carbonyl (C=O) groups excluding carboxylic acids is 1. The van der Waals surface area contributed by atoms with Gasteiger partial charge in [0.15, 0.2) is 0 Å². The van der Waals surface area contributed by atoms with Crippen LogP contribution in [0.3, 0.4) is 0 Å². The zero-order chi connectivity index (χ0) is 12.6. The van der Waals surface area contributed by atoms with E-state index in [1.165, 1.54) is 17.0 Å². The Kier molecular flexibility index (Phi) is 2.81. The van der Waals surface area contributed by atoms with E-state index in [1.807, 2.05) is 0 Å². The minimum atomic E-state index is -0.625. The van der Waals surface area contributed by atoms with Crippen LogP contribution in [-0.2, 0) is 11.2 Å². The molecule has 0 radical (unpaired) electrons. The number of rotatable bonds is 3. The van der Waals surface area contributed by atoms with Crippen molar-refractivity contribution in [2.45, 2.75) is 19.4 Å². The Labute approximate surface area is 97.6 Å². The molecule has 1 atom stereocenters. The van der Waals surface area contributed by atoms with E-state index < -0.39 is 11.0 Å². The quantitative estimate of drug-likeness (QED) is 0.623. The van der Waals surface area contributed by atoms with Crippen molar-refractivity contribution in [2.75, 3.05) is 11.4 Å². The van der Waals surface area contributed by atoms with E-state index in [4.69, 9.17) is 0 Å². The monoisotopic (exact) mass is 236 g/mol. The largest absolute Gasteiger partial charge is 0.392 e. The molecular formula is C11H12N2O4. The molecule has 0 spiro atoms. The predicted octanol–water partition coefficient (Wildman–Crippen LogP) is 0.865. The summed E-state index contributed by atoms with van der Waals surface area (Å²) in [5, 5.41) is 19.9. The molecule has 1 aliphatic rings. The van der Waals surface area contributed by atoms with E-state index in [2.05, 4.69) is 0 Å². The van der Waals surface area contributed by atoms with Crippen LogP contribution in [-0.4, -0.2) is 28.6 Å². The van der Waals surface area contributed by atoms with Gasteiger partial charge in [-0.1, -0.05) is 0 Å². The molecule has 1 aromatic rings. The van der Waals surface area contributed by atoms with E-state index in [-0.39, 0.29) is 24.6 Å². The van der Waals surface area contributed by atoms with Gasteiger partial charge >= 0.3 is 0 Å². The molecule has 0 aliphatic carbocycles. The van der Waals surface area contributed by atoms with Gasteiger partial charge in [0.1, 0.15) is 0 Å². The number of β-amino-alcohol motifs (C(OH)–C–C–N with tert-alkyl or cyclic N) is 1. The number of amides is 1. The third-order valence-electron chi connectivity index (χ3n) is 2.65. The molecule has 1 unspecified atom stereocenters. The van der Waals surface area contributed by atoms with Gasteiger partial charge in [0.2, 0.25) is 5.91 Å². The van der Waals surface area contributed by atoms with Gasteiger partial charge in [-0.05, 0) is 18.6 Å². The molecule has 1 aromatic carbocycles. The Balaban J connectivity index is 2.35. The predicted molar refractivity (Wildman–Crippen MR) is 60.8 cm³/mol. The van der Waals surface area contributed by atoms with Crippen molar-refractivity contribution < 1.29 is 14.8 Å². The number of hydrogen-bond donors (Lipinski definition) is 1. The molecule has 1 heterocycles. The maximum absolute atomic E-state index is 11.7. The van der Waals surface area contributed by atoms with E-state index in [0.717, 1.165) is 0 Å². The first kappa shape index (κ1) is 11.5. The molecule has 0 fully saturated rings. The lowest BCUT2D eigenvalue weighted by Gasteiger charge is -2.18. The second-order valence-electron chi connectivity index (χ2n) is 4.10. The summed E-state index contributed by atoms with van der Waals surface area (Å²) in [4.78, 5) is 23.3. The highest BCUT2D eigenvalue weighted by molar-refractivity contribution is 6.01. The fourth-order valence-electron chi connectivity index (χ4n) is 1.95. The number of hydrogen-bond acceptors (Lipinski definition) is 4. The molecule has 0 saturated heterocycles. The van der Waals surface area contributed by atoms with Gasteiger partial charge in [-0.3, -0.25) is 14.9 Å². The number of nitro groups is 1. The molecule has 0 saturated carbocycles. The first-order chi connectivity index (χ1) is 7.99. The van der Waals surface area contributed by atoms with E-state index >= 15 is 0 Å². The van der Waals surface area contributed by atoms with Gasteiger partial charge in [0.25, 0.3) is 5.69 Å². The Morgan fingerprint density at radius 1 is 1.59 bits per heavy atom. The average molecular weight is 236 g/mol. The maximum Gasteiger partial charge on any atom is 0.269 e. The summed E-state index contributed by atoms with van der Waals surface area (Å²) < 4.78 is 0. The second-order valence-corrected chi connectivity index (χ2v) is 4.10. The maximum atomic E-state index is 11.7. The van der Waals surface area contributed by atoms with E-state index in [0.29, 0.717) is 11.3 Å². The van der Waals surface area contributed by atoms with Crippen molar-refractivity contribution in [1.82, 2.24) is 0 Å². The number of nitrogens with zero attached hydrogens (tertiary/aromatic N) is 2. The number of aliphatic hydroxyl groups excluding tert-OH is 1. The Morgan fingerprint density at radius 3 is 2.88 bits per heavy atom. The third kappa shape index (κ3) is 2.12. The van der Waals surface area contributed by atoms with Crippen LogP contribution in [0.5, 0.6) is 0 Å². The first-order valence-electron chi connectivity index (χ1n) is 5.25. The fourth-order valence-corrected chi connectivity index (χ4v) is 1.95. The number of anilines is 1. The number of benzene rings is 1. The number of non-ortho nitro benzene ring substituents is 1. The number of carbonyl (C=O) groups is 1. The SMILES string of the molecule is CC(O)CN1C(=O)Cc2cc([N+](=O)[O-])ccc21. The van der Waals surface area contributed by atoms with Crippen molar-refractivity contribution in [1.29, 1.82) is 0 Å². The molecule has 6 heteroatoms. The summed E-state index contributed by atoms with van der Waals surface area (Å²) in [5.41, 5.74) is 1.28. The van der Waals surface area contributed by atoms with Crippen LogP contribution in [0.25, 0.3) is 0 Å². The van der Waals surface area contributed by atoms with Crippen LogP contribution in [0.4, 0.5) is 11.4 Å². The summed E-state index contributed by atoms with van der Waals surface area (Å²) in [5.74, 6) is -0.138. The summed E-state index contributed by atoms with van der Waals surface area (Å²) in [6.07, 6.45) is -0.468. The van der Waals surface area contributed by atoms with Gasteiger partial charge in [-0.25, -0.2) is 0 Å². The Morgan fingerprint density at radius 2 is 2.29 bits per heavy atom. The molecule has 1 N–H and O–H groups in total. The molecular weight excluding hydrogens is 224 g/mol. The van der Waals surface area contributed by atoms with Crippen LogP contribution in [0, 0.1) is 10.1 Å². The van der Waals surface area contributed by atoms with E-state index in [1.54, 1.807) is 13.0 Å². The normalized spacial score (nSPS) is 15.9. The number of fused-ring (bicyclic) bond motifs is 1. The molecule has 17 heavy (non-hydrogen) atoms. The first-order valence-corrected chi connectivity index (χ1v) is 5.25. The summed E-state index contributed by atoms with van der Waals surface area (Å²) >= 11 is 0. The minimum Gasteiger partial charge on any atom is -0.392 e. The van der Waals surface area contributed by atoms with Crippen molar-refractivity contribution in [3.8, 4) is 0 Å². The van der Waals surface area contributed by atoms with Gasteiger partial charge in [-0.15, -0.1) is 0 Å². The standard InChI is InChI=1S/C11H12N2O4/c1-7(14)6-12-10-3-2-9(13(16)17)4-8(10)5-11(12)15/h2-4,7,14H,5-6H2,1H3. The van der Waals surface area contributed by atoms with Crippen molar-refractivity contribution in [3.05, 3.63) is 33.9 Å². The third-order valence-corrected chi connectivity index (χ3v) is 2.65. The highest BCUT2D eigenvalue weighted by Gasteiger charge is 2.29. The molecule has 6 nitrogen and oxygen atoms in total. The van der Waals surface area contributed by atoms with Crippen LogP contribution in [0.2, 0.25) is 0 Å². The van der Waals surface area contributed by atoms with Gasteiger partial charge < -0.3 is 10.0 Å². The molecule has 0 bridgehead atoms. The molecule has 90 valence electrons. The highest BCUT2D eigenvalue weighted by Crippen LogP contribution is 2.31. The zero-order valence-corrected chi connectivity index (χ0v) is 9.29. The average Bonchev–Trinajstić information content (AvgIpc) is 2.54. The lowest BCUT2D eigenvalue weighted by molar-refractivity contribution is -0.384. The topological polar surface area (TPSA) is 83.7 Å². The zero-order valence-electron chi connectivity index (χ0n) is 9.29. The Bertz CT molecular complexity index is 484. The molecule has 1 aliphatic heterocycles. The smallest absolute Gasteiger partial charge is 0.269 e. The number of nitro benzene ring substituents is 1. The van der Waals surface area contributed by atoms with Gasteiger partial charge in [-0.2, -0.15) is 0 Å². The number of aliphatic hydroxyl groups is 1. The highest BCUT2D eigenvalue weighted by atomic mass is 16.6. The lowest BCUT2D eigenvalue weighted by Crippen LogP contribution is -2.33. The van der Waals surface area contributed by atoms with Crippen molar-refractivity contribution in [3.63, 3.8) is 0 Å². The van der Waals surface area contributed by atoms with Crippen LogP contribution in [0.1, 0.15) is 12.5 Å². The van der Waals surface area contributed by atoms with Crippen molar-refractivity contribution in [2.24, 2.45) is 0 Å². The summed E-state index contributed by atoms with van der Waals surface area (Å²) in [6.45, 7) is 1.81. The van der Waals surface area contributed by atoms with Gasteiger partial charge in [0, 0.05) is 17.8 Å². The van der Waals surface area contributed by atoms with Crippen LogP contribution >= 0.6 is 0 Å². The fraction of sp³-hybridized carbons (Fsp3) is 0.364. The molecule has 0 aromatic heterocycles. The molecule has 1 amide bonds. The van der Waals surface area contributed by atoms with E-state index in [9.17, 15) is 20.0 Å². The summed E-state index contributed by atoms with van der Waals surface area (Å²) in [6, 6.07) is 4.34. The lowest BCUT2D eigenvalue weighted by atomic mass is 10.1. The Hall–Kier alpha value is -1.95. The second kappa shape index (κ2) is 4.14.